The number of benzene rings is 2. The Morgan fingerprint density at radius 1 is 1.17 bits per heavy atom. The van der Waals surface area contributed by atoms with Gasteiger partial charge in [-0.25, -0.2) is 9.97 Å². The molecule has 0 spiro atoms. The molecule has 0 saturated carbocycles. The highest BCUT2D eigenvalue weighted by Crippen LogP contribution is 2.39. The fourth-order valence-electron chi connectivity index (χ4n) is 3.66. The van der Waals surface area contributed by atoms with Crippen LogP contribution >= 0.6 is 11.6 Å². The SMILES string of the molecule is C=C1C=Cc2cc(-c3cc(Cl)c4ncoc4c3)c(-c3cccc(C#N)c3C)nc2N1. The van der Waals surface area contributed by atoms with Crippen molar-refractivity contribution in [1.82, 2.24) is 9.97 Å². The van der Waals surface area contributed by atoms with E-state index in [1.54, 1.807) is 6.07 Å². The van der Waals surface area contributed by atoms with E-state index in [-0.39, 0.29) is 0 Å². The Balaban J connectivity index is 1.83. The van der Waals surface area contributed by atoms with E-state index in [1.165, 1.54) is 6.39 Å². The van der Waals surface area contributed by atoms with Gasteiger partial charge in [0.1, 0.15) is 11.3 Å². The van der Waals surface area contributed by atoms with Gasteiger partial charge in [0.2, 0.25) is 0 Å². The average Bonchev–Trinajstić information content (AvgIpc) is 3.22. The summed E-state index contributed by atoms with van der Waals surface area (Å²) < 4.78 is 5.50. The molecule has 0 atom stereocenters. The topological polar surface area (TPSA) is 74.7 Å². The number of hydrogen-bond acceptors (Lipinski definition) is 5. The van der Waals surface area contributed by atoms with E-state index in [9.17, 15) is 5.26 Å². The summed E-state index contributed by atoms with van der Waals surface area (Å²) in [4.78, 5) is 9.09. The lowest BCUT2D eigenvalue weighted by atomic mass is 9.92. The summed E-state index contributed by atoms with van der Waals surface area (Å²) in [6.07, 6.45) is 5.26. The van der Waals surface area contributed by atoms with Crippen LogP contribution in [0.4, 0.5) is 5.82 Å². The Kier molecular flexibility index (Phi) is 4.16. The zero-order valence-electron chi connectivity index (χ0n) is 16.0. The zero-order valence-corrected chi connectivity index (χ0v) is 16.8. The van der Waals surface area contributed by atoms with Gasteiger partial charge in [-0.15, -0.1) is 0 Å². The van der Waals surface area contributed by atoms with Crippen molar-refractivity contribution in [2.24, 2.45) is 0 Å². The smallest absolute Gasteiger partial charge is 0.182 e. The molecule has 1 aliphatic rings. The van der Waals surface area contributed by atoms with Crippen molar-refractivity contribution in [2.45, 2.75) is 6.92 Å². The van der Waals surface area contributed by atoms with Crippen molar-refractivity contribution in [1.29, 1.82) is 5.26 Å². The second kappa shape index (κ2) is 6.87. The lowest BCUT2D eigenvalue weighted by molar-refractivity contribution is 0.602. The highest BCUT2D eigenvalue weighted by Gasteiger charge is 2.20. The van der Waals surface area contributed by atoms with E-state index < -0.39 is 0 Å². The molecular formula is C24H15ClN4O. The number of allylic oxidation sites excluding steroid dienone is 1. The average molecular weight is 411 g/mol. The number of nitrogens with one attached hydrogen (secondary N) is 1. The van der Waals surface area contributed by atoms with Crippen molar-refractivity contribution >= 4 is 34.6 Å². The highest BCUT2D eigenvalue weighted by atomic mass is 35.5. The number of fused-ring (bicyclic) bond motifs is 2. The number of halogens is 1. The molecular weight excluding hydrogens is 396 g/mol. The summed E-state index contributed by atoms with van der Waals surface area (Å²) >= 11 is 6.47. The van der Waals surface area contributed by atoms with Gasteiger partial charge in [0, 0.05) is 22.4 Å². The number of anilines is 1. The molecule has 30 heavy (non-hydrogen) atoms. The number of nitriles is 1. The Bertz CT molecular complexity index is 1430. The monoisotopic (exact) mass is 410 g/mol. The molecule has 1 aliphatic heterocycles. The fraction of sp³-hybridized carbons (Fsp3) is 0.0417. The minimum absolute atomic E-state index is 0.504. The normalized spacial score (nSPS) is 12.5. The van der Waals surface area contributed by atoms with E-state index in [1.807, 2.05) is 43.3 Å². The molecule has 2 aromatic carbocycles. The molecule has 144 valence electrons. The van der Waals surface area contributed by atoms with Gasteiger partial charge in [-0.3, -0.25) is 0 Å². The van der Waals surface area contributed by atoms with E-state index in [2.05, 4.69) is 29.0 Å². The van der Waals surface area contributed by atoms with Crippen LogP contribution in [0.15, 0.2) is 65.6 Å². The third-order valence-electron chi connectivity index (χ3n) is 5.21. The standard InChI is InChI=1S/C24H15ClN4O/c1-13-6-7-15-8-19(17-9-20(25)23-21(10-17)30-12-27-23)22(29-24(15)28-13)18-5-3-4-16(11-26)14(18)2/h3-10,12H,1H2,2H3,(H,28,29). The zero-order chi connectivity index (χ0) is 20.8. The van der Waals surface area contributed by atoms with Gasteiger partial charge >= 0.3 is 0 Å². The predicted molar refractivity (Wildman–Crippen MR) is 119 cm³/mol. The van der Waals surface area contributed by atoms with E-state index in [4.69, 9.17) is 21.0 Å². The van der Waals surface area contributed by atoms with Gasteiger partial charge in [0.05, 0.1) is 22.3 Å². The Morgan fingerprint density at radius 2 is 2.03 bits per heavy atom. The molecule has 4 aromatic rings. The first-order chi connectivity index (χ1) is 14.5. The molecule has 0 saturated heterocycles. The molecule has 2 aromatic heterocycles. The minimum Gasteiger partial charge on any atom is -0.443 e. The molecule has 0 fully saturated rings. The maximum absolute atomic E-state index is 9.49. The molecule has 1 N–H and O–H groups in total. The minimum atomic E-state index is 0.504. The Hall–Kier alpha value is -3.88. The number of rotatable bonds is 2. The quantitative estimate of drug-likeness (QED) is 0.417. The largest absolute Gasteiger partial charge is 0.443 e. The van der Waals surface area contributed by atoms with Crippen molar-refractivity contribution < 1.29 is 4.42 Å². The predicted octanol–water partition coefficient (Wildman–Crippen LogP) is 6.34. The van der Waals surface area contributed by atoms with E-state index in [0.29, 0.717) is 21.7 Å². The fourth-order valence-corrected chi connectivity index (χ4v) is 3.92. The first kappa shape index (κ1) is 18.2. The summed E-state index contributed by atoms with van der Waals surface area (Å²) in [6.45, 7) is 5.89. The third-order valence-corrected chi connectivity index (χ3v) is 5.49. The van der Waals surface area contributed by atoms with Crippen molar-refractivity contribution in [3.63, 3.8) is 0 Å². The lowest BCUT2D eigenvalue weighted by Crippen LogP contribution is -2.06. The van der Waals surface area contributed by atoms with Gasteiger partial charge in [-0.1, -0.05) is 30.3 Å². The van der Waals surface area contributed by atoms with E-state index in [0.717, 1.165) is 45.0 Å². The molecule has 3 heterocycles. The van der Waals surface area contributed by atoms with Crippen LogP contribution in [0.5, 0.6) is 0 Å². The third kappa shape index (κ3) is 2.86. The van der Waals surface area contributed by atoms with Crippen LogP contribution in [-0.4, -0.2) is 9.97 Å². The molecule has 5 nitrogen and oxygen atoms in total. The van der Waals surface area contributed by atoms with Crippen molar-refractivity contribution in [3.05, 3.63) is 82.9 Å². The molecule has 6 heteroatoms. The summed E-state index contributed by atoms with van der Waals surface area (Å²) in [5.41, 5.74) is 7.76. The van der Waals surface area contributed by atoms with Crippen LogP contribution in [0.25, 0.3) is 39.6 Å². The lowest BCUT2D eigenvalue weighted by Gasteiger charge is -2.19. The molecule has 5 rings (SSSR count). The van der Waals surface area contributed by atoms with Crippen LogP contribution in [0.2, 0.25) is 5.02 Å². The van der Waals surface area contributed by atoms with Crippen molar-refractivity contribution in [3.8, 4) is 28.5 Å². The van der Waals surface area contributed by atoms with Crippen LogP contribution in [0.1, 0.15) is 16.7 Å². The maximum atomic E-state index is 9.49. The molecule has 0 unspecified atom stereocenters. The first-order valence-corrected chi connectivity index (χ1v) is 9.65. The summed E-state index contributed by atoms with van der Waals surface area (Å²) in [7, 11) is 0. The van der Waals surface area contributed by atoms with E-state index >= 15 is 0 Å². The molecule has 0 bridgehead atoms. The highest BCUT2D eigenvalue weighted by molar-refractivity contribution is 6.35. The van der Waals surface area contributed by atoms with Crippen molar-refractivity contribution in [2.75, 3.05) is 5.32 Å². The molecule has 0 aliphatic carbocycles. The van der Waals surface area contributed by atoms with Gasteiger partial charge in [0.15, 0.2) is 12.0 Å². The second-order valence-corrected chi connectivity index (χ2v) is 7.46. The van der Waals surface area contributed by atoms with Crippen LogP contribution < -0.4 is 5.32 Å². The van der Waals surface area contributed by atoms with Gasteiger partial charge in [0.25, 0.3) is 0 Å². The second-order valence-electron chi connectivity index (χ2n) is 7.05. The Labute approximate surface area is 178 Å². The van der Waals surface area contributed by atoms with Crippen LogP contribution in [0.3, 0.4) is 0 Å². The van der Waals surface area contributed by atoms with Crippen LogP contribution in [0, 0.1) is 18.3 Å². The summed E-state index contributed by atoms with van der Waals surface area (Å²) in [5.74, 6) is 0.717. The number of aromatic nitrogens is 2. The maximum Gasteiger partial charge on any atom is 0.182 e. The first-order valence-electron chi connectivity index (χ1n) is 9.27. The van der Waals surface area contributed by atoms with Gasteiger partial charge in [-0.05, 0) is 54.5 Å². The number of pyridine rings is 1. The van der Waals surface area contributed by atoms with Gasteiger partial charge in [-0.2, -0.15) is 5.26 Å². The molecule has 0 amide bonds. The van der Waals surface area contributed by atoms with Gasteiger partial charge < -0.3 is 9.73 Å². The number of oxazole rings is 1. The van der Waals surface area contributed by atoms with Crippen LogP contribution in [-0.2, 0) is 0 Å². The number of hydrogen-bond donors (Lipinski definition) is 1. The summed E-state index contributed by atoms with van der Waals surface area (Å²) in [6, 6.07) is 13.7. The number of nitrogens with zero attached hydrogens (tertiary/aromatic N) is 3. The Morgan fingerprint density at radius 3 is 2.87 bits per heavy atom. The summed E-state index contributed by atoms with van der Waals surface area (Å²) in [5, 5.41) is 13.2. The molecule has 0 radical (unpaired) electrons.